The molecule has 1 aliphatic carbocycles. The molecule has 2 bridgehead atoms. The highest BCUT2D eigenvalue weighted by Gasteiger charge is 2.34. The molecule has 4 fully saturated rings. The van der Waals surface area contributed by atoms with Crippen LogP contribution in [-0.4, -0.2) is 37.1 Å². The van der Waals surface area contributed by atoms with E-state index in [1.54, 1.807) is 0 Å². The van der Waals surface area contributed by atoms with Gasteiger partial charge in [-0.1, -0.05) is 13.3 Å². The molecular formula is C14H26N2. The molecule has 0 radical (unpaired) electrons. The minimum absolute atomic E-state index is 0.818. The van der Waals surface area contributed by atoms with E-state index in [-0.39, 0.29) is 0 Å². The second kappa shape index (κ2) is 4.66. The van der Waals surface area contributed by atoms with E-state index < -0.39 is 0 Å². The van der Waals surface area contributed by atoms with Gasteiger partial charge in [-0.15, -0.1) is 0 Å². The monoisotopic (exact) mass is 222 g/mol. The van der Waals surface area contributed by atoms with Crippen LogP contribution in [0.25, 0.3) is 0 Å². The van der Waals surface area contributed by atoms with Gasteiger partial charge in [-0.25, -0.2) is 0 Å². The first-order valence-electron chi connectivity index (χ1n) is 7.27. The fourth-order valence-corrected chi connectivity index (χ4v) is 4.02. The van der Waals surface area contributed by atoms with Crippen molar-refractivity contribution in [3.8, 4) is 0 Å². The molecule has 3 aliphatic heterocycles. The fraction of sp³-hybridized carbons (Fsp3) is 1.00. The van der Waals surface area contributed by atoms with Gasteiger partial charge in [-0.2, -0.15) is 0 Å². The molecule has 2 nitrogen and oxygen atoms in total. The van der Waals surface area contributed by atoms with E-state index in [4.69, 9.17) is 0 Å². The third-order valence-corrected chi connectivity index (χ3v) is 5.13. The normalized spacial score (nSPS) is 47.4. The highest BCUT2D eigenvalue weighted by atomic mass is 15.2. The van der Waals surface area contributed by atoms with Crippen molar-refractivity contribution in [2.75, 3.05) is 26.2 Å². The van der Waals surface area contributed by atoms with Crippen LogP contribution in [0.1, 0.15) is 39.0 Å². The van der Waals surface area contributed by atoms with Gasteiger partial charge >= 0.3 is 0 Å². The maximum absolute atomic E-state index is 3.87. The van der Waals surface area contributed by atoms with Crippen LogP contribution in [0, 0.1) is 17.8 Å². The van der Waals surface area contributed by atoms with Crippen molar-refractivity contribution in [2.45, 2.75) is 45.1 Å². The number of fused-ring (bicyclic) bond motifs is 3. The van der Waals surface area contributed by atoms with Crippen LogP contribution >= 0.6 is 0 Å². The Morgan fingerprint density at radius 2 is 1.94 bits per heavy atom. The van der Waals surface area contributed by atoms with Crippen LogP contribution in [0.4, 0.5) is 0 Å². The molecule has 3 saturated heterocycles. The molecule has 3 heterocycles. The lowest BCUT2D eigenvalue weighted by Crippen LogP contribution is -2.56. The average molecular weight is 222 g/mol. The van der Waals surface area contributed by atoms with Gasteiger partial charge in [-0.3, -0.25) is 0 Å². The number of piperidine rings is 3. The van der Waals surface area contributed by atoms with Crippen LogP contribution < -0.4 is 5.32 Å². The predicted molar refractivity (Wildman–Crippen MR) is 67.5 cm³/mol. The highest BCUT2D eigenvalue weighted by Crippen LogP contribution is 2.31. The van der Waals surface area contributed by atoms with Gasteiger partial charge in [0.2, 0.25) is 0 Å². The summed E-state index contributed by atoms with van der Waals surface area (Å²) < 4.78 is 0. The second-order valence-corrected chi connectivity index (χ2v) is 6.44. The van der Waals surface area contributed by atoms with Crippen LogP contribution in [0.15, 0.2) is 0 Å². The van der Waals surface area contributed by atoms with Gasteiger partial charge in [0.05, 0.1) is 0 Å². The van der Waals surface area contributed by atoms with E-state index in [0.717, 1.165) is 23.8 Å². The smallest absolute Gasteiger partial charge is 0.0224 e. The van der Waals surface area contributed by atoms with E-state index in [2.05, 4.69) is 17.1 Å². The summed E-state index contributed by atoms with van der Waals surface area (Å²) in [6, 6.07) is 0.818. The number of nitrogens with one attached hydrogen (secondary N) is 1. The first-order chi connectivity index (χ1) is 7.81. The van der Waals surface area contributed by atoms with E-state index >= 15 is 0 Å². The molecular weight excluding hydrogens is 196 g/mol. The maximum Gasteiger partial charge on any atom is 0.0224 e. The lowest BCUT2D eigenvalue weighted by Gasteiger charge is -2.45. The van der Waals surface area contributed by atoms with Gasteiger partial charge in [0.25, 0.3) is 0 Å². The number of nitrogens with zero attached hydrogens (tertiary/aromatic N) is 1. The summed E-state index contributed by atoms with van der Waals surface area (Å²) in [4.78, 5) is 2.65. The van der Waals surface area contributed by atoms with Crippen molar-refractivity contribution in [3.05, 3.63) is 0 Å². The Bertz CT molecular complexity index is 233. The summed E-state index contributed by atoms with van der Waals surface area (Å²) in [5.74, 6) is 2.95. The molecule has 1 N–H and O–H groups in total. The molecule has 1 saturated carbocycles. The van der Waals surface area contributed by atoms with Crippen LogP contribution in [-0.2, 0) is 0 Å². The van der Waals surface area contributed by atoms with Gasteiger partial charge < -0.3 is 10.2 Å². The molecule has 0 amide bonds. The lowest BCUT2D eigenvalue weighted by atomic mass is 9.84. The van der Waals surface area contributed by atoms with E-state index in [0.29, 0.717) is 0 Å². The van der Waals surface area contributed by atoms with Crippen molar-refractivity contribution in [1.29, 1.82) is 0 Å². The quantitative estimate of drug-likeness (QED) is 0.787. The number of rotatable bonds is 3. The minimum atomic E-state index is 0.818. The van der Waals surface area contributed by atoms with Gasteiger partial charge in [-0.05, 0) is 63.1 Å². The second-order valence-electron chi connectivity index (χ2n) is 6.44. The van der Waals surface area contributed by atoms with Crippen LogP contribution in [0.2, 0.25) is 0 Å². The zero-order valence-corrected chi connectivity index (χ0v) is 10.6. The molecule has 3 unspecified atom stereocenters. The summed E-state index contributed by atoms with van der Waals surface area (Å²) in [7, 11) is 0. The van der Waals surface area contributed by atoms with E-state index in [1.807, 2.05) is 0 Å². The number of hydrogen-bond acceptors (Lipinski definition) is 2. The van der Waals surface area contributed by atoms with Crippen molar-refractivity contribution >= 4 is 0 Å². The zero-order valence-electron chi connectivity index (χ0n) is 10.6. The molecule has 4 aliphatic rings. The molecule has 0 aromatic carbocycles. The van der Waals surface area contributed by atoms with Crippen LogP contribution in [0.3, 0.4) is 0 Å². The zero-order chi connectivity index (χ0) is 11.0. The minimum Gasteiger partial charge on any atom is -0.312 e. The molecule has 0 aromatic rings. The van der Waals surface area contributed by atoms with Gasteiger partial charge in [0, 0.05) is 12.6 Å². The molecule has 92 valence electrons. The van der Waals surface area contributed by atoms with Crippen molar-refractivity contribution in [2.24, 2.45) is 17.8 Å². The third kappa shape index (κ3) is 2.28. The molecule has 16 heavy (non-hydrogen) atoms. The topological polar surface area (TPSA) is 15.3 Å². The van der Waals surface area contributed by atoms with Crippen molar-refractivity contribution < 1.29 is 0 Å². The molecule has 4 rings (SSSR count). The molecule has 0 spiro atoms. The lowest BCUT2D eigenvalue weighted by molar-refractivity contribution is 0.0708. The Morgan fingerprint density at radius 1 is 1.12 bits per heavy atom. The first-order valence-corrected chi connectivity index (χ1v) is 7.27. The number of hydrogen-bond donors (Lipinski definition) is 1. The standard InChI is InChI=1S/C14H26N2/c1-11-2-3-12(8-11)9-15-14-10-16-6-4-13(14)5-7-16/h11-15H,2-10H2,1H3. The fourth-order valence-electron chi connectivity index (χ4n) is 4.02. The largest absolute Gasteiger partial charge is 0.312 e. The van der Waals surface area contributed by atoms with E-state index in [9.17, 15) is 0 Å². The highest BCUT2D eigenvalue weighted by molar-refractivity contribution is 4.91. The van der Waals surface area contributed by atoms with Crippen LogP contribution in [0.5, 0.6) is 0 Å². The van der Waals surface area contributed by atoms with Crippen molar-refractivity contribution in [1.82, 2.24) is 10.2 Å². The summed E-state index contributed by atoms with van der Waals surface area (Å²) >= 11 is 0. The summed E-state index contributed by atoms with van der Waals surface area (Å²) in [6.45, 7) is 7.76. The predicted octanol–water partition coefficient (Wildman–Crippen LogP) is 2.11. The summed E-state index contributed by atoms with van der Waals surface area (Å²) in [5.41, 5.74) is 0. The molecule has 0 aromatic heterocycles. The molecule has 2 heteroatoms. The average Bonchev–Trinajstić information content (AvgIpc) is 2.74. The Labute approximate surface area is 99.8 Å². The summed E-state index contributed by atoms with van der Waals surface area (Å²) in [5, 5.41) is 3.87. The van der Waals surface area contributed by atoms with Gasteiger partial charge in [0.15, 0.2) is 0 Å². The maximum atomic E-state index is 3.87. The van der Waals surface area contributed by atoms with Crippen molar-refractivity contribution in [3.63, 3.8) is 0 Å². The Kier molecular flexibility index (Phi) is 3.21. The molecule has 3 atom stereocenters. The Hall–Kier alpha value is -0.0800. The summed E-state index contributed by atoms with van der Waals surface area (Å²) in [6.07, 6.45) is 7.29. The third-order valence-electron chi connectivity index (χ3n) is 5.13. The first kappa shape index (κ1) is 11.0. The van der Waals surface area contributed by atoms with E-state index in [1.165, 1.54) is 58.3 Å². The van der Waals surface area contributed by atoms with Gasteiger partial charge in [0.1, 0.15) is 0 Å². The Balaban J connectivity index is 1.45. The Morgan fingerprint density at radius 3 is 2.50 bits per heavy atom. The SMILES string of the molecule is CC1CCC(CNC2CN3CCC2CC3)C1.